The van der Waals surface area contributed by atoms with Crippen molar-refractivity contribution in [1.29, 1.82) is 0 Å². The van der Waals surface area contributed by atoms with Crippen LogP contribution in [0.2, 0.25) is 0 Å². The first-order chi connectivity index (χ1) is 18.3. The zero-order valence-electron chi connectivity index (χ0n) is 22.2. The number of hydrogen-bond donors (Lipinski definition) is 1. The van der Waals surface area contributed by atoms with Gasteiger partial charge in [0.15, 0.2) is 0 Å². The third-order valence-corrected chi connectivity index (χ3v) is 7.53. The predicted molar refractivity (Wildman–Crippen MR) is 144 cm³/mol. The standard InChI is InChI=1S/C30H37FN4O3/c1-3-4-5-16-30(23-8-10-24(31)11-9-23)19-35(20-30)29(37)27(17-22-6-13-26(38-2)14-7-22)34-18-25(33-21-34)12-15-28(32)36/h6-11,13-14,18,21,27H,3-5,12,15-17,19-20H2,1-2H3,(H2,32,36)/t27-/m1/s1. The molecule has 0 aliphatic carbocycles. The van der Waals surface area contributed by atoms with E-state index in [0.29, 0.717) is 25.9 Å². The van der Waals surface area contributed by atoms with Crippen molar-refractivity contribution < 1.29 is 18.7 Å². The number of hydrogen-bond acceptors (Lipinski definition) is 4. The number of aryl methyl sites for hydroxylation is 1. The van der Waals surface area contributed by atoms with Gasteiger partial charge in [0, 0.05) is 37.5 Å². The summed E-state index contributed by atoms with van der Waals surface area (Å²) in [6, 6.07) is 14.0. The lowest BCUT2D eigenvalue weighted by Crippen LogP contribution is -2.62. The lowest BCUT2D eigenvalue weighted by molar-refractivity contribution is -0.143. The van der Waals surface area contributed by atoms with Gasteiger partial charge in [-0.05, 0) is 48.2 Å². The molecule has 2 aromatic carbocycles. The number of nitrogens with two attached hydrogens (primary N) is 1. The number of carbonyl (C=O) groups is 2. The molecule has 202 valence electrons. The number of unbranched alkanes of at least 4 members (excludes halogenated alkanes) is 2. The number of likely N-dealkylation sites (tertiary alicyclic amines) is 1. The van der Waals surface area contributed by atoms with Gasteiger partial charge in [0.2, 0.25) is 11.8 Å². The quantitative estimate of drug-likeness (QED) is 0.334. The Hall–Kier alpha value is -3.68. The van der Waals surface area contributed by atoms with Crippen LogP contribution in [0, 0.1) is 5.82 Å². The molecule has 1 aliphatic heterocycles. The van der Waals surface area contributed by atoms with Crippen LogP contribution < -0.4 is 10.5 Å². The Labute approximate surface area is 223 Å². The van der Waals surface area contributed by atoms with E-state index in [0.717, 1.165) is 48.3 Å². The number of ether oxygens (including phenoxy) is 1. The van der Waals surface area contributed by atoms with Crippen molar-refractivity contribution in [2.45, 2.75) is 63.3 Å². The van der Waals surface area contributed by atoms with Crippen molar-refractivity contribution in [3.8, 4) is 5.75 Å². The molecule has 2 amide bonds. The number of imidazole rings is 1. The average Bonchev–Trinajstić information content (AvgIpc) is 3.37. The van der Waals surface area contributed by atoms with E-state index >= 15 is 0 Å². The number of methoxy groups -OCH3 is 1. The maximum atomic E-state index is 14.0. The third-order valence-electron chi connectivity index (χ3n) is 7.53. The zero-order valence-corrected chi connectivity index (χ0v) is 22.2. The van der Waals surface area contributed by atoms with Crippen LogP contribution in [0.25, 0.3) is 0 Å². The van der Waals surface area contributed by atoms with Crippen LogP contribution in [0.15, 0.2) is 61.1 Å². The van der Waals surface area contributed by atoms with Crippen molar-refractivity contribution >= 4 is 11.8 Å². The first kappa shape index (κ1) is 27.4. The molecule has 38 heavy (non-hydrogen) atoms. The molecule has 3 aromatic rings. The fourth-order valence-electron chi connectivity index (χ4n) is 5.29. The minimum absolute atomic E-state index is 0.0212. The van der Waals surface area contributed by atoms with Crippen LogP contribution in [0.5, 0.6) is 5.75 Å². The predicted octanol–water partition coefficient (Wildman–Crippen LogP) is 4.59. The maximum absolute atomic E-state index is 14.0. The highest BCUT2D eigenvalue weighted by Crippen LogP contribution is 2.40. The summed E-state index contributed by atoms with van der Waals surface area (Å²) in [6.07, 6.45) is 8.89. The van der Waals surface area contributed by atoms with Gasteiger partial charge in [-0.1, -0.05) is 50.5 Å². The molecule has 1 atom stereocenters. The highest BCUT2D eigenvalue weighted by molar-refractivity contribution is 5.82. The Morgan fingerprint density at radius 2 is 1.82 bits per heavy atom. The Morgan fingerprint density at radius 3 is 2.45 bits per heavy atom. The van der Waals surface area contributed by atoms with Gasteiger partial charge in [0.25, 0.3) is 0 Å². The Morgan fingerprint density at radius 1 is 1.11 bits per heavy atom. The zero-order chi connectivity index (χ0) is 27.1. The molecule has 0 saturated carbocycles. The molecular formula is C30H37FN4O3. The summed E-state index contributed by atoms with van der Waals surface area (Å²) in [5.41, 5.74) is 7.96. The van der Waals surface area contributed by atoms with Crippen LogP contribution in [-0.2, 0) is 27.8 Å². The highest BCUT2D eigenvalue weighted by Gasteiger charge is 2.47. The Kier molecular flexibility index (Phi) is 8.81. The van der Waals surface area contributed by atoms with E-state index in [-0.39, 0.29) is 29.5 Å². The van der Waals surface area contributed by atoms with Crippen molar-refractivity contribution in [3.63, 3.8) is 0 Å². The van der Waals surface area contributed by atoms with Gasteiger partial charge in [0.05, 0.1) is 19.1 Å². The van der Waals surface area contributed by atoms with Crippen LogP contribution in [0.1, 0.15) is 61.9 Å². The molecule has 1 aromatic heterocycles. The molecule has 2 heterocycles. The van der Waals surface area contributed by atoms with Crippen molar-refractivity contribution in [3.05, 3.63) is 83.7 Å². The number of aromatic nitrogens is 2. The molecule has 1 fully saturated rings. The maximum Gasteiger partial charge on any atom is 0.246 e. The minimum Gasteiger partial charge on any atom is -0.497 e. The number of amides is 2. The second-order valence-corrected chi connectivity index (χ2v) is 10.3. The Bertz CT molecular complexity index is 1220. The molecule has 1 saturated heterocycles. The van der Waals surface area contributed by atoms with Crippen LogP contribution in [0.3, 0.4) is 0 Å². The highest BCUT2D eigenvalue weighted by atomic mass is 19.1. The summed E-state index contributed by atoms with van der Waals surface area (Å²) in [5, 5.41) is 0. The fourth-order valence-corrected chi connectivity index (χ4v) is 5.29. The third kappa shape index (κ3) is 6.41. The van der Waals surface area contributed by atoms with E-state index in [4.69, 9.17) is 10.5 Å². The lowest BCUT2D eigenvalue weighted by atomic mass is 9.70. The van der Waals surface area contributed by atoms with Gasteiger partial charge in [-0.2, -0.15) is 0 Å². The molecule has 1 aliphatic rings. The van der Waals surface area contributed by atoms with E-state index < -0.39 is 6.04 Å². The van der Waals surface area contributed by atoms with Crippen molar-refractivity contribution in [2.75, 3.05) is 20.2 Å². The largest absolute Gasteiger partial charge is 0.497 e. The van der Waals surface area contributed by atoms with Gasteiger partial charge in [-0.15, -0.1) is 0 Å². The molecule has 0 radical (unpaired) electrons. The van der Waals surface area contributed by atoms with Crippen LogP contribution >= 0.6 is 0 Å². The van der Waals surface area contributed by atoms with E-state index in [1.165, 1.54) is 12.1 Å². The van der Waals surface area contributed by atoms with E-state index in [1.807, 2.05) is 52.1 Å². The van der Waals surface area contributed by atoms with Gasteiger partial charge in [-0.3, -0.25) is 9.59 Å². The number of benzene rings is 2. The van der Waals surface area contributed by atoms with Crippen LogP contribution in [0.4, 0.5) is 4.39 Å². The topological polar surface area (TPSA) is 90.4 Å². The number of nitrogens with zero attached hydrogens (tertiary/aromatic N) is 3. The molecule has 0 unspecified atom stereocenters. The molecule has 4 rings (SSSR count). The van der Waals surface area contributed by atoms with Crippen molar-refractivity contribution in [1.82, 2.24) is 14.5 Å². The van der Waals surface area contributed by atoms with Gasteiger partial charge >= 0.3 is 0 Å². The number of primary amides is 1. The van der Waals surface area contributed by atoms with E-state index in [2.05, 4.69) is 11.9 Å². The molecule has 0 spiro atoms. The SMILES string of the molecule is CCCCCC1(c2ccc(F)cc2)CN(C(=O)[C@@H](Cc2ccc(OC)cc2)n2cnc(CCC(N)=O)c2)C1. The summed E-state index contributed by atoms with van der Waals surface area (Å²) in [6.45, 7) is 3.38. The summed E-state index contributed by atoms with van der Waals surface area (Å²) in [5.74, 6) is 0.141. The summed E-state index contributed by atoms with van der Waals surface area (Å²) < 4.78 is 20.8. The van der Waals surface area contributed by atoms with Gasteiger partial charge in [0.1, 0.15) is 17.6 Å². The second kappa shape index (κ2) is 12.2. The van der Waals surface area contributed by atoms with Gasteiger partial charge in [-0.25, -0.2) is 9.37 Å². The summed E-state index contributed by atoms with van der Waals surface area (Å²) >= 11 is 0. The average molecular weight is 521 g/mol. The van der Waals surface area contributed by atoms with Crippen molar-refractivity contribution in [2.24, 2.45) is 5.73 Å². The second-order valence-electron chi connectivity index (χ2n) is 10.3. The molecule has 2 N–H and O–H groups in total. The van der Waals surface area contributed by atoms with Crippen LogP contribution in [-0.4, -0.2) is 46.5 Å². The normalized spacial score (nSPS) is 15.1. The van der Waals surface area contributed by atoms with Gasteiger partial charge < -0.3 is 19.9 Å². The smallest absolute Gasteiger partial charge is 0.246 e. The first-order valence-electron chi connectivity index (χ1n) is 13.3. The molecule has 0 bridgehead atoms. The number of halogens is 1. The lowest BCUT2D eigenvalue weighted by Gasteiger charge is -2.52. The van der Waals surface area contributed by atoms with E-state index in [1.54, 1.807) is 13.4 Å². The Balaban J connectivity index is 1.56. The number of rotatable bonds is 13. The first-order valence-corrected chi connectivity index (χ1v) is 13.3. The summed E-state index contributed by atoms with van der Waals surface area (Å²) in [4.78, 5) is 31.5. The fraction of sp³-hybridized carbons (Fsp3) is 0.433. The molecule has 7 nitrogen and oxygen atoms in total. The number of carbonyl (C=O) groups excluding carboxylic acids is 2. The minimum atomic E-state index is -0.486. The summed E-state index contributed by atoms with van der Waals surface area (Å²) in [7, 11) is 1.62. The van der Waals surface area contributed by atoms with E-state index in [9.17, 15) is 14.0 Å². The molecule has 8 heteroatoms. The monoisotopic (exact) mass is 520 g/mol. The molecular weight excluding hydrogens is 483 g/mol.